The molecule has 0 aliphatic carbocycles. The summed E-state index contributed by atoms with van der Waals surface area (Å²) in [6.45, 7) is 4.89. The van der Waals surface area contributed by atoms with Gasteiger partial charge >= 0.3 is 11.9 Å². The molecular formula is C23H34N4O8. The van der Waals surface area contributed by atoms with Gasteiger partial charge in [0.15, 0.2) is 0 Å². The Balaban J connectivity index is 2.77. The van der Waals surface area contributed by atoms with Crippen molar-refractivity contribution in [2.45, 2.75) is 70.6 Å². The van der Waals surface area contributed by atoms with Crippen LogP contribution in [0.2, 0.25) is 0 Å². The lowest BCUT2D eigenvalue weighted by molar-refractivity contribution is -0.143. The highest BCUT2D eigenvalue weighted by molar-refractivity contribution is 5.94. The number of carbonyl (C=O) groups is 5. The number of phenols is 1. The van der Waals surface area contributed by atoms with Crippen molar-refractivity contribution in [3.63, 3.8) is 0 Å². The molecule has 0 radical (unpaired) electrons. The minimum atomic E-state index is -1.43. The summed E-state index contributed by atoms with van der Waals surface area (Å²) in [5, 5.41) is 34.7. The van der Waals surface area contributed by atoms with E-state index in [-0.39, 0.29) is 24.5 Å². The third kappa shape index (κ3) is 10.0. The summed E-state index contributed by atoms with van der Waals surface area (Å²) in [5.41, 5.74) is 6.63. The molecule has 0 bridgehead atoms. The second-order valence-corrected chi connectivity index (χ2v) is 8.41. The van der Waals surface area contributed by atoms with Gasteiger partial charge in [0.25, 0.3) is 0 Å². The molecule has 0 spiro atoms. The molecule has 194 valence electrons. The average molecular weight is 495 g/mol. The highest BCUT2D eigenvalue weighted by Gasteiger charge is 2.31. The molecule has 12 heteroatoms. The number of hydrogen-bond donors (Lipinski definition) is 7. The summed E-state index contributed by atoms with van der Waals surface area (Å²) in [5.74, 6) is -4.94. The van der Waals surface area contributed by atoms with Gasteiger partial charge in [0, 0.05) is 6.42 Å². The van der Waals surface area contributed by atoms with E-state index in [2.05, 4.69) is 16.0 Å². The molecule has 0 aromatic heterocycles. The van der Waals surface area contributed by atoms with Crippen molar-refractivity contribution in [3.05, 3.63) is 29.8 Å². The van der Waals surface area contributed by atoms with Crippen molar-refractivity contribution in [2.75, 3.05) is 0 Å². The number of carbonyl (C=O) groups excluding carboxylic acids is 3. The van der Waals surface area contributed by atoms with Crippen LogP contribution in [0.3, 0.4) is 0 Å². The lowest BCUT2D eigenvalue weighted by Crippen LogP contribution is -2.58. The standard InChI is InChI=1S/C23H34N4O8/c1-4-12(2)19(22(33)26-17(23(34)35)9-10-18(29)30)27-20(31)13(3)25-21(32)16(24)11-14-5-7-15(28)8-6-14/h5-8,12-13,16-17,19,28H,4,9-11,24H2,1-3H3,(H,25,32)(H,26,33)(H,27,31)(H,29,30)(H,34,35). The number of aromatic hydroxyl groups is 1. The number of benzene rings is 1. The predicted octanol–water partition coefficient (Wildman–Crippen LogP) is -0.268. The molecule has 1 aromatic rings. The Labute approximate surface area is 203 Å². The summed E-state index contributed by atoms with van der Waals surface area (Å²) >= 11 is 0. The first-order valence-corrected chi connectivity index (χ1v) is 11.2. The Kier molecular flexibility index (Phi) is 11.7. The van der Waals surface area contributed by atoms with Gasteiger partial charge in [-0.1, -0.05) is 32.4 Å². The molecule has 0 fully saturated rings. The second-order valence-electron chi connectivity index (χ2n) is 8.41. The van der Waals surface area contributed by atoms with Crippen LogP contribution in [-0.2, 0) is 30.4 Å². The minimum absolute atomic E-state index is 0.0773. The number of nitrogens with one attached hydrogen (secondary N) is 3. The molecule has 5 unspecified atom stereocenters. The van der Waals surface area contributed by atoms with Gasteiger partial charge in [0.2, 0.25) is 17.7 Å². The van der Waals surface area contributed by atoms with Crippen molar-refractivity contribution in [1.29, 1.82) is 0 Å². The average Bonchev–Trinajstić information content (AvgIpc) is 2.80. The number of phenolic OH excluding ortho intramolecular Hbond substituents is 1. The summed E-state index contributed by atoms with van der Waals surface area (Å²) in [6, 6.07) is 1.62. The number of rotatable bonds is 14. The zero-order valence-corrected chi connectivity index (χ0v) is 20.0. The largest absolute Gasteiger partial charge is 0.508 e. The van der Waals surface area contributed by atoms with E-state index in [1.54, 1.807) is 26.0 Å². The van der Waals surface area contributed by atoms with Crippen molar-refractivity contribution >= 4 is 29.7 Å². The fourth-order valence-corrected chi connectivity index (χ4v) is 3.13. The van der Waals surface area contributed by atoms with Gasteiger partial charge in [-0.25, -0.2) is 4.79 Å². The van der Waals surface area contributed by atoms with Crippen molar-refractivity contribution < 1.29 is 39.3 Å². The van der Waals surface area contributed by atoms with E-state index in [4.69, 9.17) is 10.8 Å². The molecule has 1 aromatic carbocycles. The summed E-state index contributed by atoms with van der Waals surface area (Å²) in [6.07, 6.45) is -0.122. The first kappa shape index (κ1) is 29.4. The maximum Gasteiger partial charge on any atom is 0.326 e. The van der Waals surface area contributed by atoms with Crippen LogP contribution in [0.25, 0.3) is 0 Å². The number of amides is 3. The van der Waals surface area contributed by atoms with Crippen LogP contribution in [-0.4, -0.2) is 69.1 Å². The monoisotopic (exact) mass is 494 g/mol. The van der Waals surface area contributed by atoms with E-state index >= 15 is 0 Å². The molecule has 12 nitrogen and oxygen atoms in total. The van der Waals surface area contributed by atoms with E-state index in [9.17, 15) is 34.2 Å². The van der Waals surface area contributed by atoms with Crippen molar-refractivity contribution in [3.8, 4) is 5.75 Å². The minimum Gasteiger partial charge on any atom is -0.508 e. The maximum absolute atomic E-state index is 12.8. The lowest BCUT2D eigenvalue weighted by Gasteiger charge is -2.27. The molecule has 35 heavy (non-hydrogen) atoms. The molecule has 0 aliphatic rings. The van der Waals surface area contributed by atoms with Crippen LogP contribution in [0.5, 0.6) is 5.75 Å². The van der Waals surface area contributed by atoms with E-state index in [1.165, 1.54) is 19.1 Å². The van der Waals surface area contributed by atoms with Crippen molar-refractivity contribution in [2.24, 2.45) is 11.7 Å². The van der Waals surface area contributed by atoms with Gasteiger partial charge < -0.3 is 37.0 Å². The van der Waals surface area contributed by atoms with Gasteiger partial charge in [-0.05, 0) is 43.4 Å². The third-order valence-corrected chi connectivity index (χ3v) is 5.54. The van der Waals surface area contributed by atoms with E-state index in [0.29, 0.717) is 12.0 Å². The van der Waals surface area contributed by atoms with Gasteiger partial charge in [0.1, 0.15) is 23.9 Å². The predicted molar refractivity (Wildman–Crippen MR) is 125 cm³/mol. The van der Waals surface area contributed by atoms with Crippen LogP contribution in [0.15, 0.2) is 24.3 Å². The quantitative estimate of drug-likeness (QED) is 0.181. The highest BCUT2D eigenvalue weighted by Crippen LogP contribution is 2.12. The topological polar surface area (TPSA) is 208 Å². The summed E-state index contributed by atoms with van der Waals surface area (Å²) < 4.78 is 0. The number of hydrogen-bond acceptors (Lipinski definition) is 7. The SMILES string of the molecule is CCC(C)C(NC(=O)C(C)NC(=O)C(N)Cc1ccc(O)cc1)C(=O)NC(CCC(=O)O)C(=O)O. The second kappa shape index (κ2) is 13.9. The van der Waals surface area contributed by atoms with Crippen LogP contribution in [0, 0.1) is 5.92 Å². The molecule has 0 heterocycles. The lowest BCUT2D eigenvalue weighted by atomic mass is 9.97. The molecule has 0 saturated heterocycles. The fourth-order valence-electron chi connectivity index (χ4n) is 3.13. The zero-order valence-electron chi connectivity index (χ0n) is 20.0. The van der Waals surface area contributed by atoms with E-state index in [0.717, 1.165) is 0 Å². The number of carboxylic acids is 2. The molecule has 8 N–H and O–H groups in total. The third-order valence-electron chi connectivity index (χ3n) is 5.54. The number of aliphatic carboxylic acids is 2. The number of nitrogens with two attached hydrogens (primary N) is 1. The smallest absolute Gasteiger partial charge is 0.326 e. The van der Waals surface area contributed by atoms with Gasteiger partial charge in [-0.2, -0.15) is 0 Å². The van der Waals surface area contributed by atoms with E-state index < -0.39 is 60.2 Å². The Hall–Kier alpha value is -3.67. The Bertz CT molecular complexity index is 905. The van der Waals surface area contributed by atoms with Gasteiger partial charge in [0.05, 0.1) is 6.04 Å². The molecule has 0 aliphatic heterocycles. The summed E-state index contributed by atoms with van der Waals surface area (Å²) in [7, 11) is 0. The number of carboxylic acid groups (broad SMARTS) is 2. The van der Waals surface area contributed by atoms with Crippen LogP contribution < -0.4 is 21.7 Å². The molecule has 3 amide bonds. The van der Waals surface area contributed by atoms with Crippen LogP contribution >= 0.6 is 0 Å². The normalized spacial score (nSPS) is 15.1. The molecular weight excluding hydrogens is 460 g/mol. The Morgan fingerprint density at radius 1 is 0.914 bits per heavy atom. The first-order valence-electron chi connectivity index (χ1n) is 11.2. The van der Waals surface area contributed by atoms with Crippen LogP contribution in [0.1, 0.15) is 45.6 Å². The fraction of sp³-hybridized carbons (Fsp3) is 0.522. The van der Waals surface area contributed by atoms with Gasteiger partial charge in [-0.3, -0.25) is 19.2 Å². The highest BCUT2D eigenvalue weighted by atomic mass is 16.4. The van der Waals surface area contributed by atoms with Crippen LogP contribution in [0.4, 0.5) is 0 Å². The molecule has 0 saturated carbocycles. The van der Waals surface area contributed by atoms with Gasteiger partial charge in [-0.15, -0.1) is 0 Å². The first-order chi connectivity index (χ1) is 16.3. The maximum atomic E-state index is 12.8. The molecule has 1 rings (SSSR count). The zero-order chi connectivity index (χ0) is 26.7. The van der Waals surface area contributed by atoms with Crippen molar-refractivity contribution in [1.82, 2.24) is 16.0 Å². The Morgan fingerprint density at radius 2 is 1.51 bits per heavy atom. The summed E-state index contributed by atoms with van der Waals surface area (Å²) in [4.78, 5) is 60.0. The van der Waals surface area contributed by atoms with E-state index in [1.807, 2.05) is 0 Å². The Morgan fingerprint density at radius 3 is 2.03 bits per heavy atom. The molecule has 5 atom stereocenters.